The van der Waals surface area contributed by atoms with Crippen LogP contribution in [-0.4, -0.2) is 57.2 Å². The van der Waals surface area contributed by atoms with Gasteiger partial charge < -0.3 is 15.5 Å². The van der Waals surface area contributed by atoms with E-state index in [1.54, 1.807) is 24.3 Å². The average molecular weight is 437 g/mol. The van der Waals surface area contributed by atoms with Crippen molar-refractivity contribution in [2.24, 2.45) is 0 Å². The predicted molar refractivity (Wildman–Crippen MR) is 117 cm³/mol. The second-order valence-corrected chi connectivity index (χ2v) is 9.40. The van der Waals surface area contributed by atoms with E-state index in [0.717, 1.165) is 5.69 Å². The van der Waals surface area contributed by atoms with Crippen LogP contribution in [0.15, 0.2) is 48.5 Å². The Labute approximate surface area is 176 Å². The largest absolute Gasteiger partial charge is 0.369 e. The molecule has 0 aromatic heterocycles. The normalized spacial score (nSPS) is 15.2. The number of benzene rings is 2. The molecular weight excluding hydrogens is 412 g/mol. The Morgan fingerprint density at radius 2 is 1.79 bits per heavy atom. The molecule has 1 aliphatic heterocycles. The smallest absolute Gasteiger partial charge is 0.319 e. The highest BCUT2D eigenvalue weighted by Gasteiger charge is 2.26. The standard InChI is InChI=1S/C20H25ClN4O3S/c1-16-5-4-6-17(15-16)24-10-12-25(13-11-24)29(27,28)14-9-22-20(26)23-19-8-3-2-7-18(19)21/h2-8,15H,9-14H2,1H3,(H2,22,23,26). The van der Waals surface area contributed by atoms with Crippen LogP contribution in [0.4, 0.5) is 16.2 Å². The first-order chi connectivity index (χ1) is 13.8. The molecule has 0 unspecified atom stereocenters. The zero-order valence-corrected chi connectivity index (χ0v) is 17.8. The van der Waals surface area contributed by atoms with Gasteiger partial charge in [-0.15, -0.1) is 0 Å². The monoisotopic (exact) mass is 436 g/mol. The number of piperazine rings is 1. The van der Waals surface area contributed by atoms with Gasteiger partial charge >= 0.3 is 6.03 Å². The lowest BCUT2D eigenvalue weighted by molar-refractivity contribution is 0.252. The quantitative estimate of drug-likeness (QED) is 0.729. The molecule has 0 bridgehead atoms. The Morgan fingerprint density at radius 3 is 2.48 bits per heavy atom. The minimum absolute atomic E-state index is 0.0245. The second kappa shape index (κ2) is 9.47. The number of sulfonamides is 1. The highest BCUT2D eigenvalue weighted by Crippen LogP contribution is 2.20. The Bertz CT molecular complexity index is 960. The van der Waals surface area contributed by atoms with Gasteiger partial charge in [-0.1, -0.05) is 35.9 Å². The maximum Gasteiger partial charge on any atom is 0.319 e. The van der Waals surface area contributed by atoms with Gasteiger partial charge in [0.2, 0.25) is 10.0 Å². The Balaban J connectivity index is 1.45. The van der Waals surface area contributed by atoms with E-state index in [1.807, 2.05) is 25.1 Å². The van der Waals surface area contributed by atoms with Crippen molar-refractivity contribution in [2.45, 2.75) is 6.92 Å². The molecule has 1 saturated heterocycles. The molecule has 0 aliphatic carbocycles. The van der Waals surface area contributed by atoms with Gasteiger partial charge in [-0.3, -0.25) is 0 Å². The van der Waals surface area contributed by atoms with Crippen molar-refractivity contribution >= 4 is 39.0 Å². The number of hydrogen-bond acceptors (Lipinski definition) is 4. The molecule has 9 heteroatoms. The molecule has 2 aromatic carbocycles. The molecule has 1 heterocycles. The third-order valence-electron chi connectivity index (χ3n) is 4.77. The number of amides is 2. The number of halogens is 1. The number of rotatable bonds is 6. The van der Waals surface area contributed by atoms with Crippen LogP contribution in [0.25, 0.3) is 0 Å². The lowest BCUT2D eigenvalue weighted by Gasteiger charge is -2.35. The van der Waals surface area contributed by atoms with Crippen LogP contribution in [0.3, 0.4) is 0 Å². The minimum atomic E-state index is -3.44. The van der Waals surface area contributed by atoms with Gasteiger partial charge in [-0.25, -0.2) is 13.2 Å². The summed E-state index contributed by atoms with van der Waals surface area (Å²) in [4.78, 5) is 14.1. The summed E-state index contributed by atoms with van der Waals surface area (Å²) in [5.74, 6) is -0.145. The number of nitrogens with one attached hydrogen (secondary N) is 2. The van der Waals surface area contributed by atoms with Crippen molar-refractivity contribution < 1.29 is 13.2 Å². The minimum Gasteiger partial charge on any atom is -0.369 e. The van der Waals surface area contributed by atoms with Crippen molar-refractivity contribution in [2.75, 3.05) is 48.7 Å². The number of carbonyl (C=O) groups excluding carboxylic acids is 1. The maximum atomic E-state index is 12.6. The number of aryl methyl sites for hydroxylation is 1. The fourth-order valence-electron chi connectivity index (χ4n) is 3.20. The number of hydrogen-bond donors (Lipinski definition) is 2. The summed E-state index contributed by atoms with van der Waals surface area (Å²) in [6, 6.07) is 14.6. The molecule has 2 aromatic rings. The molecule has 156 valence electrons. The highest BCUT2D eigenvalue weighted by atomic mass is 35.5. The zero-order chi connectivity index (χ0) is 20.9. The van der Waals surface area contributed by atoms with Crippen molar-refractivity contribution in [3.05, 3.63) is 59.1 Å². The maximum absolute atomic E-state index is 12.6. The van der Waals surface area contributed by atoms with Crippen LogP contribution in [0.2, 0.25) is 5.02 Å². The number of urea groups is 1. The van der Waals surface area contributed by atoms with Crippen LogP contribution < -0.4 is 15.5 Å². The summed E-state index contributed by atoms with van der Waals surface area (Å²) >= 11 is 5.99. The summed E-state index contributed by atoms with van der Waals surface area (Å²) in [5.41, 5.74) is 2.76. The molecule has 0 spiro atoms. The van der Waals surface area contributed by atoms with Crippen LogP contribution in [0, 0.1) is 6.92 Å². The predicted octanol–water partition coefficient (Wildman–Crippen LogP) is 2.92. The fraction of sp³-hybridized carbons (Fsp3) is 0.350. The summed E-state index contributed by atoms with van der Waals surface area (Å²) < 4.78 is 26.7. The Morgan fingerprint density at radius 1 is 1.07 bits per heavy atom. The number of nitrogens with zero attached hydrogens (tertiary/aromatic N) is 2. The summed E-state index contributed by atoms with van der Waals surface area (Å²) in [6.07, 6.45) is 0. The SMILES string of the molecule is Cc1cccc(N2CCN(S(=O)(=O)CCNC(=O)Nc3ccccc3Cl)CC2)c1. The van der Waals surface area contributed by atoms with E-state index in [2.05, 4.69) is 21.6 Å². The zero-order valence-electron chi connectivity index (χ0n) is 16.3. The first-order valence-electron chi connectivity index (χ1n) is 9.44. The molecule has 3 rings (SSSR count). The van der Waals surface area contributed by atoms with Gasteiger partial charge in [0.15, 0.2) is 0 Å². The summed E-state index contributed by atoms with van der Waals surface area (Å²) in [7, 11) is -3.44. The molecule has 1 fully saturated rings. The van der Waals surface area contributed by atoms with Gasteiger partial charge in [0.25, 0.3) is 0 Å². The van der Waals surface area contributed by atoms with Crippen LogP contribution in [0.5, 0.6) is 0 Å². The van der Waals surface area contributed by atoms with E-state index in [4.69, 9.17) is 11.6 Å². The number of anilines is 2. The number of carbonyl (C=O) groups is 1. The van der Waals surface area contributed by atoms with E-state index in [1.165, 1.54) is 9.87 Å². The second-order valence-electron chi connectivity index (χ2n) is 6.90. The Kier molecular flexibility index (Phi) is 7.00. The molecule has 2 amide bonds. The van der Waals surface area contributed by atoms with E-state index in [9.17, 15) is 13.2 Å². The van der Waals surface area contributed by atoms with Crippen molar-refractivity contribution in [3.63, 3.8) is 0 Å². The molecule has 1 aliphatic rings. The molecule has 29 heavy (non-hydrogen) atoms. The van der Waals surface area contributed by atoms with Crippen molar-refractivity contribution in [1.82, 2.24) is 9.62 Å². The van der Waals surface area contributed by atoms with Gasteiger partial charge in [0.1, 0.15) is 0 Å². The highest BCUT2D eigenvalue weighted by molar-refractivity contribution is 7.89. The third-order valence-corrected chi connectivity index (χ3v) is 6.97. The molecule has 7 nitrogen and oxygen atoms in total. The van der Waals surface area contributed by atoms with E-state index in [0.29, 0.717) is 36.9 Å². The van der Waals surface area contributed by atoms with E-state index >= 15 is 0 Å². The van der Waals surface area contributed by atoms with Crippen molar-refractivity contribution in [3.8, 4) is 0 Å². The van der Waals surface area contributed by atoms with Crippen LogP contribution in [0.1, 0.15) is 5.56 Å². The summed E-state index contributed by atoms with van der Waals surface area (Å²) in [6.45, 7) is 4.21. The van der Waals surface area contributed by atoms with Gasteiger partial charge in [-0.2, -0.15) is 4.31 Å². The molecule has 0 atom stereocenters. The first kappa shape index (κ1) is 21.4. The van der Waals surface area contributed by atoms with Crippen molar-refractivity contribution in [1.29, 1.82) is 0 Å². The molecule has 0 saturated carbocycles. The van der Waals surface area contributed by atoms with Crippen LogP contribution >= 0.6 is 11.6 Å². The summed E-state index contributed by atoms with van der Waals surface area (Å²) in [5, 5.41) is 5.60. The lowest BCUT2D eigenvalue weighted by atomic mass is 10.2. The molecular formula is C20H25ClN4O3S. The topological polar surface area (TPSA) is 81.8 Å². The van der Waals surface area contributed by atoms with Gasteiger partial charge in [-0.05, 0) is 36.8 Å². The van der Waals surface area contributed by atoms with Gasteiger partial charge in [0.05, 0.1) is 16.5 Å². The lowest BCUT2D eigenvalue weighted by Crippen LogP contribution is -2.50. The average Bonchev–Trinajstić information content (AvgIpc) is 2.70. The Hall–Kier alpha value is -2.29. The third kappa shape index (κ3) is 5.85. The number of para-hydroxylation sites is 1. The van der Waals surface area contributed by atoms with Gasteiger partial charge in [0, 0.05) is 38.4 Å². The fourth-order valence-corrected chi connectivity index (χ4v) is 4.72. The van der Waals surface area contributed by atoms with E-state index < -0.39 is 16.1 Å². The van der Waals surface area contributed by atoms with E-state index in [-0.39, 0.29) is 12.3 Å². The molecule has 2 N–H and O–H groups in total. The van der Waals surface area contributed by atoms with Crippen LogP contribution in [-0.2, 0) is 10.0 Å². The first-order valence-corrected chi connectivity index (χ1v) is 11.4. The molecule has 0 radical (unpaired) electrons.